The molecule has 1 heterocycles. The minimum atomic E-state index is 0.296. The van der Waals surface area contributed by atoms with Crippen LogP contribution in [0.5, 0.6) is 0 Å². The first-order valence-corrected chi connectivity index (χ1v) is 6.54. The van der Waals surface area contributed by atoms with Crippen LogP contribution >= 0.6 is 0 Å². The Morgan fingerprint density at radius 3 is 3.00 bits per heavy atom. The SMILES string of the molecule is CC=C1CC2CC1C1CC3(C)OC3CC21. The number of fused-ring (bicyclic) bond motifs is 6. The first-order chi connectivity index (χ1) is 7.21. The first-order valence-electron chi connectivity index (χ1n) is 6.54. The van der Waals surface area contributed by atoms with Crippen molar-refractivity contribution in [1.29, 1.82) is 0 Å². The Balaban J connectivity index is 1.67. The molecule has 4 rings (SSSR count). The van der Waals surface area contributed by atoms with E-state index in [1.807, 2.05) is 0 Å². The molecule has 2 bridgehead atoms. The van der Waals surface area contributed by atoms with E-state index >= 15 is 0 Å². The van der Waals surface area contributed by atoms with Gasteiger partial charge >= 0.3 is 0 Å². The number of rotatable bonds is 0. The van der Waals surface area contributed by atoms with E-state index in [0.717, 1.165) is 23.7 Å². The number of allylic oxidation sites excluding steroid dienone is 2. The van der Waals surface area contributed by atoms with Crippen molar-refractivity contribution in [1.82, 2.24) is 0 Å². The van der Waals surface area contributed by atoms with Crippen LogP contribution in [0, 0.1) is 23.7 Å². The summed E-state index contributed by atoms with van der Waals surface area (Å²) in [7, 11) is 0. The molecule has 0 amide bonds. The predicted octanol–water partition coefficient (Wildman–Crippen LogP) is 3.16. The van der Waals surface area contributed by atoms with E-state index in [1.54, 1.807) is 5.57 Å². The second-order valence-corrected chi connectivity index (χ2v) is 6.36. The van der Waals surface area contributed by atoms with Crippen molar-refractivity contribution in [2.45, 2.75) is 51.2 Å². The van der Waals surface area contributed by atoms with Crippen molar-refractivity contribution in [3.8, 4) is 0 Å². The summed E-state index contributed by atoms with van der Waals surface area (Å²) >= 11 is 0. The van der Waals surface area contributed by atoms with Crippen LogP contribution in [-0.4, -0.2) is 11.7 Å². The molecular formula is C14H20O. The van der Waals surface area contributed by atoms with Gasteiger partial charge in [-0.25, -0.2) is 0 Å². The number of ether oxygens (including phenoxy) is 1. The van der Waals surface area contributed by atoms with E-state index in [-0.39, 0.29) is 0 Å². The minimum absolute atomic E-state index is 0.296. The summed E-state index contributed by atoms with van der Waals surface area (Å²) in [6, 6.07) is 0. The van der Waals surface area contributed by atoms with Gasteiger partial charge in [-0.2, -0.15) is 0 Å². The zero-order chi connectivity index (χ0) is 10.2. The molecule has 0 aromatic rings. The van der Waals surface area contributed by atoms with Crippen LogP contribution in [0.15, 0.2) is 11.6 Å². The molecule has 0 aromatic heterocycles. The van der Waals surface area contributed by atoms with Crippen LogP contribution < -0.4 is 0 Å². The van der Waals surface area contributed by atoms with Crippen LogP contribution in [0.2, 0.25) is 0 Å². The van der Waals surface area contributed by atoms with Gasteiger partial charge in [0, 0.05) is 0 Å². The highest BCUT2D eigenvalue weighted by molar-refractivity contribution is 5.24. The Morgan fingerprint density at radius 1 is 1.33 bits per heavy atom. The fourth-order valence-corrected chi connectivity index (χ4v) is 4.91. The highest BCUT2D eigenvalue weighted by atomic mass is 16.6. The van der Waals surface area contributed by atoms with Crippen LogP contribution in [0.25, 0.3) is 0 Å². The predicted molar refractivity (Wildman–Crippen MR) is 59.5 cm³/mol. The third kappa shape index (κ3) is 0.982. The maximum absolute atomic E-state index is 5.88. The highest BCUT2D eigenvalue weighted by Crippen LogP contribution is 2.65. The fraction of sp³-hybridized carbons (Fsp3) is 0.857. The molecule has 0 N–H and O–H groups in total. The van der Waals surface area contributed by atoms with Crippen molar-refractivity contribution < 1.29 is 4.74 Å². The largest absolute Gasteiger partial charge is 0.366 e. The molecule has 82 valence electrons. The smallest absolute Gasteiger partial charge is 0.0923 e. The van der Waals surface area contributed by atoms with Crippen molar-refractivity contribution in [3.63, 3.8) is 0 Å². The zero-order valence-corrected chi connectivity index (χ0v) is 9.70. The summed E-state index contributed by atoms with van der Waals surface area (Å²) in [5.74, 6) is 3.94. The third-order valence-corrected chi connectivity index (χ3v) is 5.74. The molecule has 0 aromatic carbocycles. The van der Waals surface area contributed by atoms with E-state index in [2.05, 4.69) is 19.9 Å². The van der Waals surface area contributed by atoms with Gasteiger partial charge in [0.25, 0.3) is 0 Å². The van der Waals surface area contributed by atoms with E-state index in [4.69, 9.17) is 4.74 Å². The Morgan fingerprint density at radius 2 is 2.20 bits per heavy atom. The Labute approximate surface area is 91.9 Å². The molecule has 4 aliphatic rings. The van der Waals surface area contributed by atoms with Crippen molar-refractivity contribution >= 4 is 0 Å². The van der Waals surface area contributed by atoms with Crippen molar-refractivity contribution in [3.05, 3.63) is 11.6 Å². The maximum atomic E-state index is 5.88. The summed E-state index contributed by atoms with van der Waals surface area (Å²) in [5.41, 5.74) is 2.06. The van der Waals surface area contributed by atoms with E-state index in [0.29, 0.717) is 11.7 Å². The lowest BCUT2D eigenvalue weighted by Gasteiger charge is -2.36. The summed E-state index contributed by atoms with van der Waals surface area (Å²) in [6.07, 6.45) is 8.65. The number of hydrogen-bond donors (Lipinski definition) is 0. The molecule has 1 saturated heterocycles. The van der Waals surface area contributed by atoms with Gasteiger partial charge in [-0.3, -0.25) is 0 Å². The van der Waals surface area contributed by atoms with Crippen molar-refractivity contribution in [2.24, 2.45) is 23.7 Å². The topological polar surface area (TPSA) is 12.5 Å². The zero-order valence-electron chi connectivity index (χ0n) is 9.70. The Bertz CT molecular complexity index is 345. The summed E-state index contributed by atoms with van der Waals surface area (Å²) in [5, 5.41) is 0. The lowest BCUT2D eigenvalue weighted by molar-refractivity contribution is 0.181. The molecule has 1 aliphatic heterocycles. The van der Waals surface area contributed by atoms with Gasteiger partial charge in [-0.15, -0.1) is 0 Å². The highest BCUT2D eigenvalue weighted by Gasteiger charge is 2.64. The van der Waals surface area contributed by atoms with Crippen LogP contribution in [0.4, 0.5) is 0 Å². The van der Waals surface area contributed by atoms with Gasteiger partial charge in [0.1, 0.15) is 0 Å². The molecule has 0 radical (unpaired) electrons. The fourth-order valence-electron chi connectivity index (χ4n) is 4.91. The standard InChI is InChI=1S/C14H20O/c1-3-8-4-9-5-10(8)12-7-14(2)13(15-14)6-11(9)12/h3,9-13H,4-7H2,1-2H3. The summed E-state index contributed by atoms with van der Waals surface area (Å²) in [4.78, 5) is 0. The Hall–Kier alpha value is -0.300. The average molecular weight is 204 g/mol. The quantitative estimate of drug-likeness (QED) is 0.436. The number of epoxide rings is 1. The molecule has 1 nitrogen and oxygen atoms in total. The van der Waals surface area contributed by atoms with E-state index in [1.165, 1.54) is 25.7 Å². The van der Waals surface area contributed by atoms with E-state index in [9.17, 15) is 0 Å². The lowest BCUT2D eigenvalue weighted by Crippen LogP contribution is -2.34. The van der Waals surface area contributed by atoms with Gasteiger partial charge < -0.3 is 4.74 Å². The monoisotopic (exact) mass is 204 g/mol. The van der Waals surface area contributed by atoms with E-state index < -0.39 is 0 Å². The van der Waals surface area contributed by atoms with Gasteiger partial charge in [-0.1, -0.05) is 11.6 Å². The first kappa shape index (κ1) is 8.81. The molecule has 15 heavy (non-hydrogen) atoms. The molecule has 3 saturated carbocycles. The van der Waals surface area contributed by atoms with Gasteiger partial charge in [0.05, 0.1) is 11.7 Å². The molecule has 1 heteroatoms. The van der Waals surface area contributed by atoms with Gasteiger partial charge in [-0.05, 0) is 63.2 Å². The molecule has 0 spiro atoms. The van der Waals surface area contributed by atoms with Crippen LogP contribution in [0.3, 0.4) is 0 Å². The molecule has 3 aliphatic carbocycles. The Kier molecular flexibility index (Phi) is 1.47. The lowest BCUT2D eigenvalue weighted by atomic mass is 9.66. The second-order valence-electron chi connectivity index (χ2n) is 6.36. The van der Waals surface area contributed by atoms with Crippen LogP contribution in [-0.2, 0) is 4.74 Å². The van der Waals surface area contributed by atoms with Gasteiger partial charge in [0.2, 0.25) is 0 Å². The third-order valence-electron chi connectivity index (χ3n) is 5.74. The summed E-state index contributed by atoms with van der Waals surface area (Å²) < 4.78 is 5.88. The maximum Gasteiger partial charge on any atom is 0.0923 e. The molecule has 6 atom stereocenters. The second kappa shape index (κ2) is 2.51. The normalized spacial score (nSPS) is 63.1. The molecule has 6 unspecified atom stereocenters. The van der Waals surface area contributed by atoms with Crippen molar-refractivity contribution in [2.75, 3.05) is 0 Å². The molecule has 4 fully saturated rings. The molecular weight excluding hydrogens is 184 g/mol. The number of hydrogen-bond acceptors (Lipinski definition) is 1. The average Bonchev–Trinajstić information content (AvgIpc) is 2.58. The summed E-state index contributed by atoms with van der Waals surface area (Å²) in [6.45, 7) is 4.56. The van der Waals surface area contributed by atoms with Crippen LogP contribution in [0.1, 0.15) is 39.5 Å². The van der Waals surface area contributed by atoms with Gasteiger partial charge in [0.15, 0.2) is 0 Å². The minimum Gasteiger partial charge on any atom is -0.366 e.